The van der Waals surface area contributed by atoms with E-state index in [4.69, 9.17) is 0 Å². The fraction of sp³-hybridized carbons (Fsp3) is 1.00. The highest BCUT2D eigenvalue weighted by atomic mass is 16.3. The predicted octanol–water partition coefficient (Wildman–Crippen LogP) is 4.53. The number of rotatable bonds is 6. The van der Waals surface area contributed by atoms with Gasteiger partial charge in [0.25, 0.3) is 0 Å². The summed E-state index contributed by atoms with van der Waals surface area (Å²) >= 11 is 0. The summed E-state index contributed by atoms with van der Waals surface area (Å²) in [6.45, 7) is 6.79. The van der Waals surface area contributed by atoms with Gasteiger partial charge in [0.05, 0.1) is 5.60 Å². The van der Waals surface area contributed by atoms with Crippen LogP contribution < -0.4 is 0 Å². The van der Waals surface area contributed by atoms with Crippen molar-refractivity contribution in [3.8, 4) is 0 Å². The Kier molecular flexibility index (Phi) is 5.82. The lowest BCUT2D eigenvalue weighted by Crippen LogP contribution is -2.35. The molecule has 1 aliphatic carbocycles. The summed E-state index contributed by atoms with van der Waals surface area (Å²) < 4.78 is 0. The fourth-order valence-corrected chi connectivity index (χ4v) is 3.36. The molecule has 16 heavy (non-hydrogen) atoms. The van der Waals surface area contributed by atoms with Crippen molar-refractivity contribution in [1.82, 2.24) is 0 Å². The summed E-state index contributed by atoms with van der Waals surface area (Å²) in [5.41, 5.74) is -0.321. The molecule has 1 heteroatoms. The minimum atomic E-state index is -0.321. The lowest BCUT2D eigenvalue weighted by Gasteiger charge is -2.37. The van der Waals surface area contributed by atoms with E-state index in [-0.39, 0.29) is 5.60 Å². The van der Waals surface area contributed by atoms with Gasteiger partial charge >= 0.3 is 0 Å². The molecule has 1 aliphatic rings. The van der Waals surface area contributed by atoms with Crippen molar-refractivity contribution in [3.63, 3.8) is 0 Å². The zero-order valence-electron chi connectivity index (χ0n) is 11.5. The third-order valence-corrected chi connectivity index (χ3v) is 4.24. The molecule has 0 radical (unpaired) electrons. The molecule has 0 aromatic carbocycles. The summed E-state index contributed by atoms with van der Waals surface area (Å²) in [5, 5.41) is 10.6. The van der Waals surface area contributed by atoms with Crippen molar-refractivity contribution in [2.24, 2.45) is 11.8 Å². The van der Waals surface area contributed by atoms with Gasteiger partial charge in [-0.2, -0.15) is 0 Å². The van der Waals surface area contributed by atoms with Crippen LogP contribution in [0.25, 0.3) is 0 Å². The standard InChI is InChI=1S/C15H30O/c1-4-6-13(3)12-15(16)10-8-14(7-5-2)9-11-15/h13-14,16H,4-12H2,1-3H3. The van der Waals surface area contributed by atoms with E-state index in [0.29, 0.717) is 5.92 Å². The smallest absolute Gasteiger partial charge is 0.0650 e. The van der Waals surface area contributed by atoms with E-state index in [9.17, 15) is 5.11 Å². The van der Waals surface area contributed by atoms with Gasteiger partial charge in [0.15, 0.2) is 0 Å². The highest BCUT2D eigenvalue weighted by molar-refractivity contribution is 4.86. The Bertz CT molecular complexity index is 180. The minimum Gasteiger partial charge on any atom is -0.390 e. The molecule has 1 saturated carbocycles. The molecule has 0 aromatic rings. The molecule has 1 N–H and O–H groups in total. The van der Waals surface area contributed by atoms with Gasteiger partial charge in [-0.3, -0.25) is 0 Å². The third-order valence-electron chi connectivity index (χ3n) is 4.24. The van der Waals surface area contributed by atoms with E-state index < -0.39 is 0 Å². The summed E-state index contributed by atoms with van der Waals surface area (Å²) in [6.07, 6.45) is 10.8. The van der Waals surface area contributed by atoms with Crippen molar-refractivity contribution in [3.05, 3.63) is 0 Å². The van der Waals surface area contributed by atoms with Crippen LogP contribution in [0.3, 0.4) is 0 Å². The van der Waals surface area contributed by atoms with E-state index in [1.165, 1.54) is 38.5 Å². The van der Waals surface area contributed by atoms with Crippen LogP contribution >= 0.6 is 0 Å². The minimum absolute atomic E-state index is 0.321. The maximum absolute atomic E-state index is 10.6. The largest absolute Gasteiger partial charge is 0.390 e. The van der Waals surface area contributed by atoms with Crippen LogP contribution in [0.4, 0.5) is 0 Å². The highest BCUT2D eigenvalue weighted by Crippen LogP contribution is 2.38. The summed E-state index contributed by atoms with van der Waals surface area (Å²) in [7, 11) is 0. The second-order valence-corrected chi connectivity index (χ2v) is 6.05. The van der Waals surface area contributed by atoms with E-state index in [1.54, 1.807) is 0 Å². The molecule has 1 atom stereocenters. The average Bonchev–Trinajstić information content (AvgIpc) is 2.22. The number of hydrogen-bond acceptors (Lipinski definition) is 1. The van der Waals surface area contributed by atoms with Crippen LogP contribution in [-0.4, -0.2) is 10.7 Å². The van der Waals surface area contributed by atoms with Crippen molar-refractivity contribution in [2.45, 2.75) is 84.2 Å². The van der Waals surface area contributed by atoms with Gasteiger partial charge in [-0.1, -0.05) is 46.5 Å². The monoisotopic (exact) mass is 226 g/mol. The van der Waals surface area contributed by atoms with Crippen molar-refractivity contribution in [2.75, 3.05) is 0 Å². The van der Waals surface area contributed by atoms with Crippen LogP contribution in [0.1, 0.15) is 78.6 Å². The van der Waals surface area contributed by atoms with E-state index >= 15 is 0 Å². The van der Waals surface area contributed by atoms with E-state index in [2.05, 4.69) is 20.8 Å². The van der Waals surface area contributed by atoms with Gasteiger partial charge in [0.2, 0.25) is 0 Å². The van der Waals surface area contributed by atoms with Gasteiger partial charge < -0.3 is 5.11 Å². The van der Waals surface area contributed by atoms with Gasteiger partial charge in [-0.15, -0.1) is 0 Å². The van der Waals surface area contributed by atoms with Gasteiger partial charge in [0, 0.05) is 0 Å². The quantitative estimate of drug-likeness (QED) is 0.705. The Balaban J connectivity index is 2.31. The Labute approximate surface area is 102 Å². The van der Waals surface area contributed by atoms with Crippen LogP contribution in [0.5, 0.6) is 0 Å². The number of aliphatic hydroxyl groups is 1. The zero-order valence-corrected chi connectivity index (χ0v) is 11.5. The molecule has 96 valence electrons. The van der Waals surface area contributed by atoms with Gasteiger partial charge in [0.1, 0.15) is 0 Å². The van der Waals surface area contributed by atoms with Crippen LogP contribution in [-0.2, 0) is 0 Å². The number of hydrogen-bond donors (Lipinski definition) is 1. The van der Waals surface area contributed by atoms with Crippen LogP contribution in [0.2, 0.25) is 0 Å². The molecule has 0 bridgehead atoms. The molecule has 1 rings (SSSR count). The van der Waals surface area contributed by atoms with E-state index in [1.807, 2.05) is 0 Å². The fourth-order valence-electron chi connectivity index (χ4n) is 3.36. The van der Waals surface area contributed by atoms with Gasteiger partial charge in [-0.25, -0.2) is 0 Å². The first kappa shape index (κ1) is 14.0. The highest BCUT2D eigenvalue weighted by Gasteiger charge is 2.33. The second-order valence-electron chi connectivity index (χ2n) is 6.05. The maximum atomic E-state index is 10.6. The molecular formula is C15H30O. The summed E-state index contributed by atoms with van der Waals surface area (Å²) in [5.74, 6) is 1.59. The van der Waals surface area contributed by atoms with Crippen LogP contribution in [0, 0.1) is 11.8 Å². The Morgan fingerprint density at radius 1 is 1.19 bits per heavy atom. The molecule has 0 amide bonds. The molecule has 0 spiro atoms. The molecule has 1 fully saturated rings. The molecular weight excluding hydrogens is 196 g/mol. The first-order chi connectivity index (χ1) is 7.59. The molecule has 1 nitrogen and oxygen atoms in total. The first-order valence-electron chi connectivity index (χ1n) is 7.32. The van der Waals surface area contributed by atoms with Crippen LogP contribution in [0.15, 0.2) is 0 Å². The van der Waals surface area contributed by atoms with Gasteiger partial charge in [-0.05, 0) is 43.9 Å². The van der Waals surface area contributed by atoms with Crippen molar-refractivity contribution < 1.29 is 5.11 Å². The van der Waals surface area contributed by atoms with Crippen molar-refractivity contribution >= 4 is 0 Å². The second kappa shape index (κ2) is 6.64. The summed E-state index contributed by atoms with van der Waals surface area (Å²) in [4.78, 5) is 0. The Morgan fingerprint density at radius 2 is 1.81 bits per heavy atom. The molecule has 0 heterocycles. The molecule has 1 unspecified atom stereocenters. The van der Waals surface area contributed by atoms with Crippen molar-refractivity contribution in [1.29, 1.82) is 0 Å². The maximum Gasteiger partial charge on any atom is 0.0650 e. The molecule has 0 aliphatic heterocycles. The topological polar surface area (TPSA) is 20.2 Å². The molecule has 0 aromatic heterocycles. The zero-order chi connectivity index (χ0) is 12.0. The SMILES string of the molecule is CCCC(C)CC1(O)CCC(CCC)CC1. The Hall–Kier alpha value is -0.0400. The first-order valence-corrected chi connectivity index (χ1v) is 7.32. The average molecular weight is 226 g/mol. The third kappa shape index (κ3) is 4.45. The molecule has 0 saturated heterocycles. The lowest BCUT2D eigenvalue weighted by molar-refractivity contribution is -0.0292. The predicted molar refractivity (Wildman–Crippen MR) is 70.5 cm³/mol. The normalized spacial score (nSPS) is 32.6. The lowest BCUT2D eigenvalue weighted by atomic mass is 9.73. The van der Waals surface area contributed by atoms with E-state index in [0.717, 1.165) is 25.2 Å². The Morgan fingerprint density at radius 3 is 2.31 bits per heavy atom. The summed E-state index contributed by atoms with van der Waals surface area (Å²) in [6, 6.07) is 0.